The molecule has 0 atom stereocenters. The summed E-state index contributed by atoms with van der Waals surface area (Å²) in [5.41, 5.74) is 0. The van der Waals surface area contributed by atoms with Crippen LogP contribution < -0.4 is 29.4 Å². The summed E-state index contributed by atoms with van der Waals surface area (Å²) in [6.07, 6.45) is 0. The fraction of sp³-hybridized carbons (Fsp3) is 0. The van der Waals surface area contributed by atoms with Crippen LogP contribution in [0.4, 0.5) is 0 Å². The quantitative estimate of drug-likeness (QED) is 0.305. The van der Waals surface area contributed by atoms with Gasteiger partial charge in [0.05, 0.1) is 0 Å². The summed E-state index contributed by atoms with van der Waals surface area (Å²) in [5, 5.41) is 0. The van der Waals surface area contributed by atoms with E-state index in [2.05, 4.69) is 0 Å². The normalized spacial score (nSPS) is 8.43. The van der Waals surface area contributed by atoms with Crippen molar-refractivity contribution in [3.8, 4) is 0 Å². The van der Waals surface area contributed by atoms with Gasteiger partial charge in [0, 0.05) is 0 Å². The Kier molecular flexibility index (Phi) is 47.6. The van der Waals surface area contributed by atoms with E-state index in [0.717, 1.165) is 0 Å². The molecule has 0 aromatic heterocycles. The Morgan fingerprint density at radius 2 is 0.571 bits per heavy atom. The fourth-order valence-electron chi connectivity index (χ4n) is 0. The summed E-state index contributed by atoms with van der Waals surface area (Å²) in [4.78, 5) is 51.3. The monoisotopic (exact) mass is 352 g/mol. The first-order valence-electron chi connectivity index (χ1n) is 1.46. The second-order valence-corrected chi connectivity index (χ2v) is 2.68. The third kappa shape index (κ3) is 165. The van der Waals surface area contributed by atoms with Crippen LogP contribution in [0, 0.1) is 0 Å². The molecule has 14 heavy (non-hydrogen) atoms. The van der Waals surface area contributed by atoms with E-state index in [0.29, 0.717) is 0 Å². The Labute approximate surface area is 200 Å². The van der Waals surface area contributed by atoms with Gasteiger partial charge in [-0.25, -0.2) is 0 Å². The van der Waals surface area contributed by atoms with Crippen LogP contribution in [0.15, 0.2) is 0 Å². The average Bonchev–Trinajstić information content (AvgIpc) is 1.12. The first-order chi connectivity index (χ1) is 4.00. The summed E-state index contributed by atoms with van der Waals surface area (Å²) in [6, 6.07) is 0. The summed E-state index contributed by atoms with van der Waals surface area (Å²) >= 11 is 0. The molecule has 0 N–H and O–H groups in total. The van der Waals surface area contributed by atoms with Crippen LogP contribution in [0.2, 0.25) is 0 Å². The van der Waals surface area contributed by atoms with Crippen molar-refractivity contribution in [3.63, 3.8) is 0 Å². The van der Waals surface area contributed by atoms with Gasteiger partial charge in [-0.2, -0.15) is 15.6 Å². The van der Waals surface area contributed by atoms with Crippen LogP contribution in [0.5, 0.6) is 0 Å². The van der Waals surface area contributed by atoms with Crippen molar-refractivity contribution in [1.82, 2.24) is 0 Å². The molecule has 0 fully saturated rings. The Hall–Kier alpha value is 5.26. The predicted octanol–water partition coefficient (Wildman–Crippen LogP) is -7.71. The van der Waals surface area contributed by atoms with Gasteiger partial charge in [0.1, 0.15) is 0 Å². The van der Waals surface area contributed by atoms with Crippen LogP contribution in [0.1, 0.15) is 0 Å². The molecule has 0 amide bonds. The summed E-state index contributed by atoms with van der Waals surface area (Å²) in [5.74, 6) is 0. The number of rotatable bonds is 0. The first kappa shape index (κ1) is 36.5. The van der Waals surface area contributed by atoms with E-state index in [4.69, 9.17) is 38.5 Å². The summed E-state index contributed by atoms with van der Waals surface area (Å²) in [6.45, 7) is 0. The summed E-state index contributed by atoms with van der Waals surface area (Å²) < 4.78 is 17.1. The Morgan fingerprint density at radius 3 is 0.571 bits per heavy atom. The van der Waals surface area contributed by atoms with Crippen LogP contribution in [-0.2, 0) is 9.13 Å². The van der Waals surface area contributed by atoms with E-state index >= 15 is 0 Å². The fourth-order valence-corrected chi connectivity index (χ4v) is 0. The second-order valence-electron chi connectivity index (χ2n) is 0.894. The third-order valence-electron chi connectivity index (χ3n) is 0. The zero-order valence-electron chi connectivity index (χ0n) is 6.28. The zero-order chi connectivity index (χ0) is 9.00. The molecule has 0 aromatic rings. The Balaban J connectivity index is -0.0000000178. The average molecular weight is 352 g/mol. The van der Waals surface area contributed by atoms with E-state index in [-0.39, 0.29) is 151 Å². The second kappa shape index (κ2) is 18.3. The minimum atomic E-state index is -5.39. The van der Waals surface area contributed by atoms with Crippen molar-refractivity contribution in [1.29, 1.82) is 0 Å². The molecular weight excluding hydrogens is 350 g/mol. The maximum absolute atomic E-state index is 8.55. The van der Waals surface area contributed by atoms with Crippen LogP contribution >= 0.6 is 15.6 Å². The van der Waals surface area contributed by atoms with Crippen molar-refractivity contribution in [3.05, 3.63) is 0 Å². The molecule has 14 heteroatoms. The van der Waals surface area contributed by atoms with E-state index in [1.807, 2.05) is 0 Å². The molecule has 68 valence electrons. The van der Waals surface area contributed by atoms with Crippen molar-refractivity contribution in [2.75, 3.05) is 0 Å². The van der Waals surface area contributed by atoms with Gasteiger partial charge in [0.15, 0.2) is 0 Å². The van der Waals surface area contributed by atoms with Crippen molar-refractivity contribution in [2.45, 2.75) is 0 Å². The molecule has 0 rings (SSSR count). The topological polar surface area (TPSA) is 172 Å². The molecule has 0 aliphatic heterocycles. The van der Waals surface area contributed by atoms with E-state index < -0.39 is 15.6 Å². The van der Waals surface area contributed by atoms with Gasteiger partial charge in [-0.05, 0) is 0 Å². The number of hydrogen-bond acceptors (Lipinski definition) is 8. The maximum atomic E-state index is 8.55. The molecule has 0 saturated heterocycles. The molecule has 8 nitrogen and oxygen atoms in total. The number of phosphoric acid groups is 2. The zero-order valence-corrected chi connectivity index (χ0v) is 14.7. The Bertz CT molecular complexity index is 132. The standard InChI is InChI=1S/4Ca.2H3O4P.2H/c;;;;2*1-5(2,3)4;;/h;;;;2*(H3,1,2,3,4);;/q;3*+2;;;;/p-6. The van der Waals surface area contributed by atoms with Crippen molar-refractivity contribution in [2.24, 2.45) is 0 Å². The van der Waals surface area contributed by atoms with E-state index in [1.165, 1.54) is 0 Å². The molecule has 0 aromatic carbocycles. The molecule has 0 unspecified atom stereocenters. The molecule has 0 aliphatic rings. The van der Waals surface area contributed by atoms with Crippen LogP contribution in [0.25, 0.3) is 0 Å². The minimum absolute atomic E-state index is 0. The van der Waals surface area contributed by atoms with Crippen molar-refractivity contribution >= 4 is 167 Å². The molecule has 0 spiro atoms. The SMILES string of the molecule is O=P([O-])([O-])[O-].O=P([O-])([O-])[O-].[Ca+2].[Ca+2].[Ca+2].[CaH2]. The van der Waals surface area contributed by atoms with Gasteiger partial charge < -0.3 is 38.5 Å². The third-order valence-corrected chi connectivity index (χ3v) is 0. The first-order valence-corrected chi connectivity index (χ1v) is 4.38. The molecular formula is H2Ca4O8P2. The van der Waals surface area contributed by atoms with Gasteiger partial charge in [-0.3, -0.25) is 0 Å². The predicted molar refractivity (Wildman–Crippen MR) is 41.0 cm³/mol. The van der Waals surface area contributed by atoms with E-state index in [1.54, 1.807) is 0 Å². The molecule has 0 radical (unpaired) electrons. The van der Waals surface area contributed by atoms with Gasteiger partial charge in [-0.15, -0.1) is 0 Å². The molecule has 0 saturated carbocycles. The van der Waals surface area contributed by atoms with Gasteiger partial charge in [0.25, 0.3) is 0 Å². The molecule has 0 aliphatic carbocycles. The molecule has 0 heterocycles. The molecule has 0 bridgehead atoms. The van der Waals surface area contributed by atoms with Crippen LogP contribution in [-0.4, -0.2) is 151 Å². The van der Waals surface area contributed by atoms with Crippen molar-refractivity contribution < 1.29 is 38.5 Å². The number of hydrogen-bond donors (Lipinski definition) is 0. The van der Waals surface area contributed by atoms with Gasteiger partial charge in [0.2, 0.25) is 0 Å². The van der Waals surface area contributed by atoms with Gasteiger partial charge in [-0.1, -0.05) is 0 Å². The van der Waals surface area contributed by atoms with Gasteiger partial charge >= 0.3 is 151 Å². The van der Waals surface area contributed by atoms with E-state index in [9.17, 15) is 0 Å². The Morgan fingerprint density at radius 1 is 0.571 bits per heavy atom. The van der Waals surface area contributed by atoms with Crippen LogP contribution in [0.3, 0.4) is 0 Å². The summed E-state index contributed by atoms with van der Waals surface area (Å²) in [7, 11) is -10.8.